The second-order valence-electron chi connectivity index (χ2n) is 10.6. The van der Waals surface area contributed by atoms with E-state index in [4.69, 9.17) is 24.9 Å². The van der Waals surface area contributed by atoms with Crippen LogP contribution in [0.3, 0.4) is 0 Å². The average Bonchev–Trinajstić information content (AvgIpc) is 3.12. The van der Waals surface area contributed by atoms with Crippen molar-refractivity contribution < 1.29 is 0 Å². The topological polar surface area (TPSA) is 64.5 Å². The minimum Gasteiger partial charge on any atom is -0.254 e. The first-order chi connectivity index (χ1) is 21.8. The highest BCUT2D eigenvalue weighted by Crippen LogP contribution is 2.33. The second kappa shape index (κ2) is 11.0. The third-order valence-corrected chi connectivity index (χ3v) is 7.80. The van der Waals surface area contributed by atoms with Gasteiger partial charge in [0.05, 0.1) is 34.0 Å². The molecule has 0 aliphatic heterocycles. The normalized spacial score (nSPS) is 11.2. The molecule has 4 aromatic carbocycles. The maximum atomic E-state index is 4.99. The van der Waals surface area contributed by atoms with Crippen molar-refractivity contribution in [3.05, 3.63) is 152 Å². The fourth-order valence-electron chi connectivity index (χ4n) is 5.57. The number of benzene rings is 4. The number of hydrogen-bond donors (Lipinski definition) is 0. The van der Waals surface area contributed by atoms with Gasteiger partial charge in [0.25, 0.3) is 0 Å². The van der Waals surface area contributed by atoms with Gasteiger partial charge >= 0.3 is 0 Å². The summed E-state index contributed by atoms with van der Waals surface area (Å²) in [6.07, 6.45) is 3.77. The zero-order valence-electron chi connectivity index (χ0n) is 23.7. The highest BCUT2D eigenvalue weighted by Gasteiger charge is 2.13. The number of nitrogens with zero attached hydrogens (tertiary/aromatic N) is 5. The van der Waals surface area contributed by atoms with Gasteiger partial charge in [0.2, 0.25) is 0 Å². The molecule has 0 aliphatic rings. The summed E-state index contributed by atoms with van der Waals surface area (Å²) < 4.78 is 0. The third-order valence-electron chi connectivity index (χ3n) is 7.80. The van der Waals surface area contributed by atoms with Gasteiger partial charge in [-0.2, -0.15) is 0 Å². The van der Waals surface area contributed by atoms with Crippen molar-refractivity contribution in [2.24, 2.45) is 0 Å². The minimum atomic E-state index is 0.669. The van der Waals surface area contributed by atoms with Gasteiger partial charge in [0.1, 0.15) is 0 Å². The fourth-order valence-corrected chi connectivity index (χ4v) is 5.57. The van der Waals surface area contributed by atoms with Crippen molar-refractivity contribution in [1.82, 2.24) is 24.9 Å². The monoisotopic (exact) mass is 563 g/mol. The Labute approximate surface area is 254 Å². The molecular formula is C39H25N5. The van der Waals surface area contributed by atoms with Crippen molar-refractivity contribution in [2.75, 3.05) is 0 Å². The molecule has 0 fully saturated rings. The van der Waals surface area contributed by atoms with Crippen molar-refractivity contribution in [2.45, 2.75) is 0 Å². The van der Waals surface area contributed by atoms with Crippen LogP contribution in [0.15, 0.2) is 152 Å². The maximum Gasteiger partial charge on any atom is 0.160 e. The van der Waals surface area contributed by atoms with E-state index >= 15 is 0 Å². The highest BCUT2D eigenvalue weighted by molar-refractivity contribution is 6.10. The van der Waals surface area contributed by atoms with Crippen LogP contribution in [0.5, 0.6) is 0 Å². The molecule has 206 valence electrons. The van der Waals surface area contributed by atoms with Gasteiger partial charge in [-0.1, -0.05) is 115 Å². The van der Waals surface area contributed by atoms with E-state index < -0.39 is 0 Å². The van der Waals surface area contributed by atoms with E-state index in [0.717, 1.165) is 67.0 Å². The van der Waals surface area contributed by atoms with E-state index in [1.54, 1.807) is 0 Å². The molecule has 0 aliphatic carbocycles. The molecule has 4 aromatic heterocycles. The van der Waals surface area contributed by atoms with E-state index in [9.17, 15) is 0 Å². The Balaban J connectivity index is 1.14. The third kappa shape index (κ3) is 4.76. The molecule has 0 atom stereocenters. The van der Waals surface area contributed by atoms with Gasteiger partial charge in [0.15, 0.2) is 5.82 Å². The lowest BCUT2D eigenvalue weighted by atomic mass is 10.0. The van der Waals surface area contributed by atoms with Crippen molar-refractivity contribution in [3.8, 4) is 56.5 Å². The van der Waals surface area contributed by atoms with Gasteiger partial charge in [-0.25, -0.2) is 15.0 Å². The number of fused-ring (bicyclic) bond motifs is 3. The van der Waals surface area contributed by atoms with Crippen LogP contribution in [0.25, 0.3) is 78.2 Å². The van der Waals surface area contributed by atoms with Crippen LogP contribution in [0, 0.1) is 0 Å². The van der Waals surface area contributed by atoms with E-state index in [0.29, 0.717) is 5.82 Å². The number of aromatic nitrogens is 5. The van der Waals surface area contributed by atoms with Crippen LogP contribution in [-0.4, -0.2) is 24.9 Å². The molecule has 8 aromatic rings. The second-order valence-corrected chi connectivity index (χ2v) is 10.6. The van der Waals surface area contributed by atoms with Crippen molar-refractivity contribution in [3.63, 3.8) is 0 Å². The SMILES string of the molecule is c1ccc(-c2cc(-c3ccc(-c4ccc(-c5nc6ccccc6c6ccccc56)nc4)cn3)nc(-c3ccccc3)n2)cc1. The van der Waals surface area contributed by atoms with E-state index in [1.165, 1.54) is 5.39 Å². The van der Waals surface area contributed by atoms with E-state index in [-0.39, 0.29) is 0 Å². The summed E-state index contributed by atoms with van der Waals surface area (Å²) in [6.45, 7) is 0. The molecular weight excluding hydrogens is 538 g/mol. The summed E-state index contributed by atoms with van der Waals surface area (Å²) in [5.74, 6) is 0.669. The Kier molecular flexibility index (Phi) is 6.39. The Morgan fingerprint density at radius 2 is 0.909 bits per heavy atom. The standard InChI is InChI=1S/C39H25N5/c1-3-11-26(12-4-1)36-23-37(44-39(43-36)27-13-5-2-6-14-27)34-21-19-28(24-40-34)29-20-22-35(41-25-29)38-32-17-8-7-15-30(32)31-16-9-10-18-33(31)42-38/h1-25H. The molecule has 8 rings (SSSR count). The minimum absolute atomic E-state index is 0.669. The summed E-state index contributed by atoms with van der Waals surface area (Å²) in [6, 6.07) is 47.0. The molecule has 44 heavy (non-hydrogen) atoms. The van der Waals surface area contributed by atoms with Crippen molar-refractivity contribution in [1.29, 1.82) is 0 Å². The Bertz CT molecular complexity index is 2190. The lowest BCUT2D eigenvalue weighted by Gasteiger charge is -2.10. The first kappa shape index (κ1) is 25.6. The molecule has 0 radical (unpaired) electrons. The molecule has 0 saturated carbocycles. The largest absolute Gasteiger partial charge is 0.254 e. The van der Waals surface area contributed by atoms with Crippen LogP contribution in [0.1, 0.15) is 0 Å². The van der Waals surface area contributed by atoms with Gasteiger partial charge in [-0.15, -0.1) is 0 Å². The number of para-hydroxylation sites is 1. The zero-order chi connectivity index (χ0) is 29.3. The predicted octanol–water partition coefficient (Wildman–Crippen LogP) is 9.30. The fraction of sp³-hybridized carbons (Fsp3) is 0. The molecule has 0 unspecified atom stereocenters. The van der Waals surface area contributed by atoms with E-state index in [1.807, 2.05) is 91.3 Å². The van der Waals surface area contributed by atoms with Gasteiger partial charge in [0, 0.05) is 45.4 Å². The molecule has 4 heterocycles. The Morgan fingerprint density at radius 1 is 0.341 bits per heavy atom. The summed E-state index contributed by atoms with van der Waals surface area (Å²) in [7, 11) is 0. The van der Waals surface area contributed by atoms with Crippen molar-refractivity contribution >= 4 is 21.7 Å². The van der Waals surface area contributed by atoms with Crippen LogP contribution in [0.4, 0.5) is 0 Å². The quantitative estimate of drug-likeness (QED) is 0.195. The first-order valence-electron chi connectivity index (χ1n) is 14.5. The molecule has 5 nitrogen and oxygen atoms in total. The smallest absolute Gasteiger partial charge is 0.160 e. The summed E-state index contributed by atoms with van der Waals surface area (Å²) in [4.78, 5) is 24.4. The number of rotatable bonds is 5. The van der Waals surface area contributed by atoms with Crippen LogP contribution in [-0.2, 0) is 0 Å². The maximum absolute atomic E-state index is 4.99. The molecule has 0 bridgehead atoms. The number of pyridine rings is 3. The molecule has 0 saturated heterocycles. The molecule has 0 spiro atoms. The van der Waals surface area contributed by atoms with Gasteiger partial charge in [-0.3, -0.25) is 9.97 Å². The molecule has 0 amide bonds. The van der Waals surface area contributed by atoms with Gasteiger partial charge in [-0.05, 0) is 29.7 Å². The lowest BCUT2D eigenvalue weighted by Crippen LogP contribution is -1.97. The molecule has 5 heteroatoms. The van der Waals surface area contributed by atoms with Gasteiger partial charge < -0.3 is 0 Å². The van der Waals surface area contributed by atoms with E-state index in [2.05, 4.69) is 60.7 Å². The highest BCUT2D eigenvalue weighted by atomic mass is 14.9. The summed E-state index contributed by atoms with van der Waals surface area (Å²) >= 11 is 0. The lowest BCUT2D eigenvalue weighted by molar-refractivity contribution is 1.16. The number of hydrogen-bond acceptors (Lipinski definition) is 5. The first-order valence-corrected chi connectivity index (χ1v) is 14.5. The summed E-state index contributed by atoms with van der Waals surface area (Å²) in [5.41, 5.74) is 9.04. The summed E-state index contributed by atoms with van der Waals surface area (Å²) in [5, 5.41) is 3.41. The van der Waals surface area contributed by atoms with Crippen LogP contribution < -0.4 is 0 Å². The predicted molar refractivity (Wildman–Crippen MR) is 178 cm³/mol. The Morgan fingerprint density at radius 3 is 1.59 bits per heavy atom. The Hall–Kier alpha value is -6.07. The average molecular weight is 564 g/mol. The zero-order valence-corrected chi connectivity index (χ0v) is 23.7. The van der Waals surface area contributed by atoms with Crippen LogP contribution in [0.2, 0.25) is 0 Å². The van der Waals surface area contributed by atoms with Crippen LogP contribution >= 0.6 is 0 Å². The molecule has 0 N–H and O–H groups in total.